The summed E-state index contributed by atoms with van der Waals surface area (Å²) in [5, 5.41) is 3.25. The summed E-state index contributed by atoms with van der Waals surface area (Å²) in [6.45, 7) is 2.63. The van der Waals surface area contributed by atoms with Crippen molar-refractivity contribution in [2.45, 2.75) is 44.7 Å². The standard InChI is InChI=1S/C23H31N5O2/c1-24-22-18-12-14-27(2)15-19(18)25-23(26-22)20-5-4-13-28(20)21(29)11-8-16-6-9-17(30-3)10-7-16/h6-7,9-10,20H,4-5,8,11-15H2,1-3H3,(H,24,25,26)/t20-/m0/s1. The Morgan fingerprint density at radius 3 is 2.77 bits per heavy atom. The zero-order valence-electron chi connectivity index (χ0n) is 18.1. The second kappa shape index (κ2) is 9.00. The van der Waals surface area contributed by atoms with E-state index in [1.54, 1.807) is 7.11 Å². The number of rotatable bonds is 6. The van der Waals surface area contributed by atoms with Gasteiger partial charge in [0.25, 0.3) is 0 Å². The van der Waals surface area contributed by atoms with Gasteiger partial charge in [-0.25, -0.2) is 9.97 Å². The maximum absolute atomic E-state index is 13.0. The van der Waals surface area contributed by atoms with Crippen molar-refractivity contribution in [3.05, 3.63) is 46.9 Å². The van der Waals surface area contributed by atoms with Crippen molar-refractivity contribution in [2.75, 3.05) is 39.6 Å². The number of anilines is 1. The number of likely N-dealkylation sites (N-methyl/N-ethyl adjacent to an activating group) is 1. The molecule has 2 aromatic rings. The van der Waals surface area contributed by atoms with Gasteiger partial charge in [-0.3, -0.25) is 4.79 Å². The second-order valence-corrected chi connectivity index (χ2v) is 8.19. The fourth-order valence-corrected chi connectivity index (χ4v) is 4.46. The molecule has 0 unspecified atom stereocenters. The van der Waals surface area contributed by atoms with E-state index in [4.69, 9.17) is 14.7 Å². The van der Waals surface area contributed by atoms with Crippen molar-refractivity contribution in [1.82, 2.24) is 19.8 Å². The molecule has 2 aliphatic rings. The number of nitrogens with zero attached hydrogens (tertiary/aromatic N) is 4. The van der Waals surface area contributed by atoms with Crippen molar-refractivity contribution in [3.8, 4) is 5.75 Å². The molecular weight excluding hydrogens is 378 g/mol. The molecule has 0 saturated carbocycles. The molecule has 0 bridgehead atoms. The van der Waals surface area contributed by atoms with E-state index in [-0.39, 0.29) is 11.9 Å². The molecule has 0 spiro atoms. The molecule has 2 aliphatic heterocycles. The third-order valence-corrected chi connectivity index (χ3v) is 6.17. The summed E-state index contributed by atoms with van der Waals surface area (Å²) in [5.41, 5.74) is 3.45. The van der Waals surface area contributed by atoms with Gasteiger partial charge in [0.2, 0.25) is 5.91 Å². The first kappa shape index (κ1) is 20.6. The molecule has 1 aromatic heterocycles. The van der Waals surface area contributed by atoms with Gasteiger partial charge in [0.05, 0.1) is 18.8 Å². The van der Waals surface area contributed by atoms with Gasteiger partial charge in [-0.05, 0) is 50.4 Å². The van der Waals surface area contributed by atoms with Gasteiger partial charge in [-0.1, -0.05) is 12.1 Å². The van der Waals surface area contributed by atoms with Crippen LogP contribution in [0, 0.1) is 0 Å². The summed E-state index contributed by atoms with van der Waals surface area (Å²) in [6, 6.07) is 7.90. The van der Waals surface area contributed by atoms with E-state index in [1.807, 2.05) is 36.2 Å². The van der Waals surface area contributed by atoms with Crippen LogP contribution in [-0.4, -0.2) is 60.0 Å². The van der Waals surface area contributed by atoms with Crippen LogP contribution in [-0.2, 0) is 24.2 Å². The second-order valence-electron chi connectivity index (χ2n) is 8.19. The molecule has 1 N–H and O–H groups in total. The highest BCUT2D eigenvalue weighted by Gasteiger charge is 2.33. The Bertz CT molecular complexity index is 899. The zero-order chi connectivity index (χ0) is 21.1. The Morgan fingerprint density at radius 1 is 1.23 bits per heavy atom. The number of carbonyl (C=O) groups is 1. The van der Waals surface area contributed by atoms with E-state index in [0.717, 1.165) is 74.0 Å². The van der Waals surface area contributed by atoms with E-state index in [9.17, 15) is 4.79 Å². The van der Waals surface area contributed by atoms with Crippen molar-refractivity contribution < 1.29 is 9.53 Å². The van der Waals surface area contributed by atoms with Crippen molar-refractivity contribution >= 4 is 11.7 Å². The van der Waals surface area contributed by atoms with Crippen LogP contribution in [0.1, 0.15) is 47.9 Å². The molecule has 1 amide bonds. The highest BCUT2D eigenvalue weighted by molar-refractivity contribution is 5.77. The molecule has 1 saturated heterocycles. The lowest BCUT2D eigenvalue weighted by atomic mass is 10.0. The van der Waals surface area contributed by atoms with Gasteiger partial charge >= 0.3 is 0 Å². The smallest absolute Gasteiger partial charge is 0.223 e. The predicted molar refractivity (Wildman–Crippen MR) is 117 cm³/mol. The van der Waals surface area contributed by atoms with Crippen LogP contribution in [0.3, 0.4) is 0 Å². The number of nitrogens with one attached hydrogen (secondary N) is 1. The number of benzene rings is 1. The normalized spacial score (nSPS) is 18.9. The quantitative estimate of drug-likeness (QED) is 0.791. The van der Waals surface area contributed by atoms with Crippen molar-refractivity contribution in [3.63, 3.8) is 0 Å². The van der Waals surface area contributed by atoms with Crippen molar-refractivity contribution in [2.24, 2.45) is 0 Å². The van der Waals surface area contributed by atoms with E-state index in [2.05, 4.69) is 17.3 Å². The summed E-state index contributed by atoms with van der Waals surface area (Å²) in [5.74, 6) is 2.71. The van der Waals surface area contributed by atoms with Crippen LogP contribution in [0.4, 0.5) is 5.82 Å². The minimum absolute atomic E-state index is 0.0296. The summed E-state index contributed by atoms with van der Waals surface area (Å²) < 4.78 is 5.21. The van der Waals surface area contributed by atoms with E-state index >= 15 is 0 Å². The summed E-state index contributed by atoms with van der Waals surface area (Å²) in [6.07, 6.45) is 4.09. The number of carbonyl (C=O) groups excluding carboxylic acids is 1. The minimum atomic E-state index is -0.0296. The predicted octanol–water partition coefficient (Wildman–Crippen LogP) is 2.81. The lowest BCUT2D eigenvalue weighted by Crippen LogP contribution is -2.33. The molecule has 0 aliphatic carbocycles. The number of ether oxygens (including phenoxy) is 1. The highest BCUT2D eigenvalue weighted by atomic mass is 16.5. The minimum Gasteiger partial charge on any atom is -0.497 e. The summed E-state index contributed by atoms with van der Waals surface area (Å²) in [4.78, 5) is 27.1. The SMILES string of the molecule is CNc1nc([C@@H]2CCCN2C(=O)CCc2ccc(OC)cc2)nc2c1CCN(C)C2. The first-order chi connectivity index (χ1) is 14.6. The monoisotopic (exact) mass is 409 g/mol. The number of likely N-dealkylation sites (tertiary alicyclic amines) is 1. The Hall–Kier alpha value is -2.67. The van der Waals surface area contributed by atoms with E-state index in [0.29, 0.717) is 6.42 Å². The Balaban J connectivity index is 1.48. The number of hydrogen-bond acceptors (Lipinski definition) is 6. The van der Waals surface area contributed by atoms with Crippen LogP contribution in [0.15, 0.2) is 24.3 Å². The highest BCUT2D eigenvalue weighted by Crippen LogP contribution is 2.33. The number of methoxy groups -OCH3 is 1. The van der Waals surface area contributed by atoms with Crippen molar-refractivity contribution in [1.29, 1.82) is 0 Å². The number of amides is 1. The molecule has 1 aromatic carbocycles. The molecule has 0 radical (unpaired) electrons. The maximum Gasteiger partial charge on any atom is 0.223 e. The Labute approximate surface area is 178 Å². The first-order valence-corrected chi connectivity index (χ1v) is 10.8. The average Bonchev–Trinajstić information content (AvgIpc) is 3.27. The molecule has 160 valence electrons. The number of aryl methyl sites for hydroxylation is 1. The topological polar surface area (TPSA) is 70.6 Å². The van der Waals surface area contributed by atoms with Gasteiger partial charge in [0.15, 0.2) is 5.82 Å². The average molecular weight is 410 g/mol. The molecule has 4 rings (SSSR count). The maximum atomic E-state index is 13.0. The lowest BCUT2D eigenvalue weighted by molar-refractivity contribution is -0.132. The van der Waals surface area contributed by atoms with Crippen LogP contribution >= 0.6 is 0 Å². The lowest BCUT2D eigenvalue weighted by Gasteiger charge is -2.28. The number of aromatic nitrogens is 2. The first-order valence-electron chi connectivity index (χ1n) is 10.8. The van der Waals surface area contributed by atoms with E-state index < -0.39 is 0 Å². The number of hydrogen-bond donors (Lipinski definition) is 1. The number of fused-ring (bicyclic) bond motifs is 1. The molecule has 7 heteroatoms. The third kappa shape index (κ3) is 4.26. The molecule has 30 heavy (non-hydrogen) atoms. The summed E-state index contributed by atoms with van der Waals surface area (Å²) >= 11 is 0. The molecule has 3 heterocycles. The van der Waals surface area contributed by atoms with Crippen LogP contribution < -0.4 is 10.1 Å². The van der Waals surface area contributed by atoms with Gasteiger partial charge in [0.1, 0.15) is 11.6 Å². The third-order valence-electron chi connectivity index (χ3n) is 6.17. The molecule has 1 atom stereocenters. The largest absolute Gasteiger partial charge is 0.497 e. The Kier molecular flexibility index (Phi) is 6.18. The molecule has 1 fully saturated rings. The van der Waals surface area contributed by atoms with Crippen LogP contribution in [0.25, 0.3) is 0 Å². The van der Waals surface area contributed by atoms with Crippen LogP contribution in [0.2, 0.25) is 0 Å². The fourth-order valence-electron chi connectivity index (χ4n) is 4.46. The van der Waals surface area contributed by atoms with Gasteiger partial charge < -0.3 is 19.9 Å². The fraction of sp³-hybridized carbons (Fsp3) is 0.522. The van der Waals surface area contributed by atoms with Gasteiger partial charge in [-0.15, -0.1) is 0 Å². The molecular formula is C23H31N5O2. The van der Waals surface area contributed by atoms with Gasteiger partial charge in [-0.2, -0.15) is 0 Å². The zero-order valence-corrected chi connectivity index (χ0v) is 18.1. The molecule has 7 nitrogen and oxygen atoms in total. The van der Waals surface area contributed by atoms with Crippen LogP contribution in [0.5, 0.6) is 5.75 Å². The Morgan fingerprint density at radius 2 is 2.03 bits per heavy atom. The summed E-state index contributed by atoms with van der Waals surface area (Å²) in [7, 11) is 5.69. The van der Waals surface area contributed by atoms with Gasteiger partial charge in [0, 0.05) is 38.7 Å². The van der Waals surface area contributed by atoms with E-state index in [1.165, 1.54) is 5.56 Å².